The Bertz CT molecular complexity index is 975. The fraction of sp³-hybridized carbons (Fsp3) is 0.417. The highest BCUT2D eigenvalue weighted by Crippen LogP contribution is 2.33. The quantitative estimate of drug-likeness (QED) is 0.600. The van der Waals surface area contributed by atoms with Crippen LogP contribution >= 0.6 is 0 Å². The lowest BCUT2D eigenvalue weighted by Crippen LogP contribution is -2.39. The zero-order valence-corrected chi connectivity index (χ0v) is 19.0. The second-order valence-electron chi connectivity index (χ2n) is 7.51. The fourth-order valence-corrected chi connectivity index (χ4v) is 3.79. The van der Waals surface area contributed by atoms with Crippen molar-refractivity contribution in [3.05, 3.63) is 47.0 Å². The van der Waals surface area contributed by atoms with Crippen LogP contribution in [0.5, 0.6) is 23.0 Å². The summed E-state index contributed by atoms with van der Waals surface area (Å²) in [6, 6.07) is 9.49. The molecule has 1 aliphatic rings. The van der Waals surface area contributed by atoms with Crippen molar-refractivity contribution in [1.82, 2.24) is 10.2 Å². The van der Waals surface area contributed by atoms with Crippen molar-refractivity contribution < 1.29 is 28.5 Å². The van der Waals surface area contributed by atoms with E-state index < -0.39 is 0 Å². The third-order valence-corrected chi connectivity index (χ3v) is 5.57. The Morgan fingerprint density at radius 3 is 2.16 bits per heavy atom. The highest BCUT2D eigenvalue weighted by atomic mass is 16.5. The van der Waals surface area contributed by atoms with Crippen LogP contribution in [0.25, 0.3) is 0 Å². The summed E-state index contributed by atoms with van der Waals surface area (Å²) in [4.78, 5) is 26.7. The molecule has 8 nitrogen and oxygen atoms in total. The van der Waals surface area contributed by atoms with E-state index in [9.17, 15) is 9.59 Å². The Hall–Kier alpha value is -3.42. The summed E-state index contributed by atoms with van der Waals surface area (Å²) in [6.45, 7) is 1.45. The number of carbonyl (C=O) groups is 2. The summed E-state index contributed by atoms with van der Waals surface area (Å²) in [7, 11) is 6.36. The molecule has 0 aliphatic carbocycles. The van der Waals surface area contributed by atoms with E-state index >= 15 is 0 Å². The highest BCUT2D eigenvalue weighted by molar-refractivity contribution is 5.97. The zero-order chi connectivity index (χ0) is 23.1. The first kappa shape index (κ1) is 23.2. The van der Waals surface area contributed by atoms with E-state index in [2.05, 4.69) is 5.32 Å². The van der Waals surface area contributed by atoms with Gasteiger partial charge in [0, 0.05) is 19.6 Å². The van der Waals surface area contributed by atoms with Gasteiger partial charge in [-0.3, -0.25) is 9.59 Å². The number of ether oxygens (including phenoxy) is 4. The standard InChI is InChI=1S/C24H30N2O6/c1-29-19-6-5-16(11-20(19)30-2)7-9-25-23(27)14-24(28)26-10-8-17-12-21(31-3)22(32-4)13-18(17)15-26/h5-6,11-13H,7-10,14-15H2,1-4H3,(H,25,27). The molecule has 3 rings (SSSR count). The maximum absolute atomic E-state index is 12.7. The molecule has 1 aliphatic heterocycles. The van der Waals surface area contributed by atoms with Crippen LogP contribution in [0, 0.1) is 0 Å². The molecule has 1 N–H and O–H groups in total. The summed E-state index contributed by atoms with van der Waals surface area (Å²) in [5, 5.41) is 2.82. The molecular weight excluding hydrogens is 412 g/mol. The molecule has 2 aromatic carbocycles. The van der Waals surface area contributed by atoms with Crippen molar-refractivity contribution in [3.8, 4) is 23.0 Å². The highest BCUT2D eigenvalue weighted by Gasteiger charge is 2.24. The number of methoxy groups -OCH3 is 4. The number of benzene rings is 2. The number of nitrogens with one attached hydrogen (secondary N) is 1. The smallest absolute Gasteiger partial charge is 0.232 e. The molecule has 0 aromatic heterocycles. The minimum Gasteiger partial charge on any atom is -0.493 e. The van der Waals surface area contributed by atoms with Gasteiger partial charge < -0.3 is 29.2 Å². The molecule has 0 saturated carbocycles. The summed E-state index contributed by atoms with van der Waals surface area (Å²) >= 11 is 0. The van der Waals surface area contributed by atoms with Crippen LogP contribution in [-0.4, -0.2) is 58.2 Å². The summed E-state index contributed by atoms with van der Waals surface area (Å²) in [5.74, 6) is 2.15. The number of fused-ring (bicyclic) bond motifs is 1. The van der Waals surface area contributed by atoms with Crippen LogP contribution in [0.2, 0.25) is 0 Å². The molecule has 0 fully saturated rings. The first-order chi connectivity index (χ1) is 15.5. The first-order valence-corrected chi connectivity index (χ1v) is 10.5. The number of carbonyl (C=O) groups excluding carboxylic acids is 2. The van der Waals surface area contributed by atoms with Crippen molar-refractivity contribution in [1.29, 1.82) is 0 Å². The van der Waals surface area contributed by atoms with Gasteiger partial charge in [-0.1, -0.05) is 6.07 Å². The minimum atomic E-state index is -0.284. The first-order valence-electron chi connectivity index (χ1n) is 10.5. The SMILES string of the molecule is COc1ccc(CCNC(=O)CC(=O)N2CCc3cc(OC)c(OC)cc3C2)cc1OC. The predicted molar refractivity (Wildman–Crippen MR) is 120 cm³/mol. The van der Waals surface area contributed by atoms with Crippen molar-refractivity contribution in [2.75, 3.05) is 41.5 Å². The number of hydrogen-bond donors (Lipinski definition) is 1. The molecule has 0 radical (unpaired) electrons. The minimum absolute atomic E-state index is 0.172. The molecule has 2 aromatic rings. The maximum atomic E-state index is 12.7. The fourth-order valence-electron chi connectivity index (χ4n) is 3.79. The van der Waals surface area contributed by atoms with Crippen LogP contribution in [0.15, 0.2) is 30.3 Å². The number of hydrogen-bond acceptors (Lipinski definition) is 6. The zero-order valence-electron chi connectivity index (χ0n) is 19.0. The predicted octanol–water partition coefficient (Wildman–Crippen LogP) is 2.35. The van der Waals surface area contributed by atoms with E-state index in [1.165, 1.54) is 0 Å². The third-order valence-electron chi connectivity index (χ3n) is 5.57. The molecule has 2 amide bonds. The van der Waals surface area contributed by atoms with E-state index in [1.807, 2.05) is 30.3 Å². The monoisotopic (exact) mass is 442 g/mol. The van der Waals surface area contributed by atoms with Gasteiger partial charge in [0.05, 0.1) is 28.4 Å². The van der Waals surface area contributed by atoms with Crippen LogP contribution in [0.4, 0.5) is 0 Å². The van der Waals surface area contributed by atoms with Crippen LogP contribution < -0.4 is 24.3 Å². The molecule has 0 atom stereocenters. The maximum Gasteiger partial charge on any atom is 0.232 e. The van der Waals surface area contributed by atoms with Crippen molar-refractivity contribution in [3.63, 3.8) is 0 Å². The molecule has 172 valence electrons. The van der Waals surface area contributed by atoms with Gasteiger partial charge in [0.15, 0.2) is 23.0 Å². The summed E-state index contributed by atoms with van der Waals surface area (Å²) in [6.07, 6.45) is 1.16. The van der Waals surface area contributed by atoms with E-state index in [4.69, 9.17) is 18.9 Å². The van der Waals surface area contributed by atoms with Gasteiger partial charge in [-0.25, -0.2) is 0 Å². The van der Waals surface area contributed by atoms with E-state index in [1.54, 1.807) is 33.3 Å². The van der Waals surface area contributed by atoms with E-state index in [-0.39, 0.29) is 18.2 Å². The Kier molecular flexibility index (Phi) is 7.81. The Morgan fingerprint density at radius 1 is 0.875 bits per heavy atom. The Labute approximate surface area is 188 Å². The van der Waals surface area contributed by atoms with E-state index in [0.717, 1.165) is 16.7 Å². The molecule has 0 unspecified atom stereocenters. The van der Waals surface area contributed by atoms with Crippen LogP contribution in [0.1, 0.15) is 23.1 Å². The number of rotatable bonds is 9. The normalized spacial score (nSPS) is 12.6. The van der Waals surface area contributed by atoms with Gasteiger partial charge in [-0.15, -0.1) is 0 Å². The molecule has 0 bridgehead atoms. The van der Waals surface area contributed by atoms with Gasteiger partial charge >= 0.3 is 0 Å². The van der Waals surface area contributed by atoms with Gasteiger partial charge in [-0.2, -0.15) is 0 Å². The van der Waals surface area contributed by atoms with Crippen molar-refractivity contribution in [2.24, 2.45) is 0 Å². The van der Waals surface area contributed by atoms with Crippen molar-refractivity contribution in [2.45, 2.75) is 25.8 Å². The van der Waals surface area contributed by atoms with Crippen molar-refractivity contribution >= 4 is 11.8 Å². The summed E-state index contributed by atoms with van der Waals surface area (Å²) in [5.41, 5.74) is 3.15. The van der Waals surface area contributed by atoms with Gasteiger partial charge in [-0.05, 0) is 53.8 Å². The Balaban J connectivity index is 1.50. The molecule has 32 heavy (non-hydrogen) atoms. The van der Waals surface area contributed by atoms with Gasteiger partial charge in [0.25, 0.3) is 0 Å². The van der Waals surface area contributed by atoms with Gasteiger partial charge in [0.1, 0.15) is 6.42 Å². The van der Waals surface area contributed by atoms with Crippen LogP contribution in [-0.2, 0) is 29.0 Å². The van der Waals surface area contributed by atoms with E-state index in [0.29, 0.717) is 55.5 Å². The van der Waals surface area contributed by atoms with Gasteiger partial charge in [0.2, 0.25) is 11.8 Å². The molecule has 8 heteroatoms. The lowest BCUT2D eigenvalue weighted by atomic mass is 9.98. The molecule has 1 heterocycles. The number of nitrogens with zero attached hydrogens (tertiary/aromatic N) is 1. The summed E-state index contributed by atoms with van der Waals surface area (Å²) < 4.78 is 21.2. The average Bonchev–Trinajstić information content (AvgIpc) is 2.82. The third kappa shape index (κ3) is 5.43. The molecule has 0 saturated heterocycles. The average molecular weight is 443 g/mol. The molecule has 0 spiro atoms. The largest absolute Gasteiger partial charge is 0.493 e. The lowest BCUT2D eigenvalue weighted by Gasteiger charge is -2.29. The second-order valence-corrected chi connectivity index (χ2v) is 7.51. The van der Waals surface area contributed by atoms with Crippen LogP contribution in [0.3, 0.4) is 0 Å². The topological polar surface area (TPSA) is 86.3 Å². The molecular formula is C24H30N2O6. The second kappa shape index (κ2) is 10.7. The number of amides is 2. The lowest BCUT2D eigenvalue weighted by molar-refractivity contribution is -0.136. The Morgan fingerprint density at radius 2 is 1.50 bits per heavy atom.